The highest BCUT2D eigenvalue weighted by Gasteiger charge is 2.34. The Morgan fingerprint density at radius 3 is 2.32 bits per heavy atom. The first-order valence-electron chi connectivity index (χ1n) is 10.8. The van der Waals surface area contributed by atoms with Gasteiger partial charge in [0.05, 0.1) is 30.2 Å². The zero-order valence-corrected chi connectivity index (χ0v) is 19.4. The van der Waals surface area contributed by atoms with Crippen molar-refractivity contribution < 1.29 is 4.74 Å². The molecule has 0 bridgehead atoms. The van der Waals surface area contributed by atoms with E-state index in [2.05, 4.69) is 0 Å². The van der Waals surface area contributed by atoms with Crippen LogP contribution in [0.2, 0.25) is 0 Å². The highest BCUT2D eigenvalue weighted by Crippen LogP contribution is 2.38. The molecule has 170 valence electrons. The number of nitrogens with two attached hydrogens (primary N) is 2. The summed E-state index contributed by atoms with van der Waals surface area (Å²) >= 11 is 5.38. The van der Waals surface area contributed by atoms with Gasteiger partial charge in [-0.3, -0.25) is 0 Å². The van der Waals surface area contributed by atoms with E-state index in [4.69, 9.17) is 38.6 Å². The average molecular weight is 469 g/mol. The van der Waals surface area contributed by atoms with Gasteiger partial charge in [-0.2, -0.15) is 10.2 Å². The van der Waals surface area contributed by atoms with Crippen molar-refractivity contribution in [3.63, 3.8) is 0 Å². The van der Waals surface area contributed by atoms with Crippen LogP contribution >= 0.6 is 12.2 Å². The molecule has 4 aromatic rings. The maximum atomic E-state index is 6.12. The third-order valence-corrected chi connectivity index (χ3v) is 6.05. The van der Waals surface area contributed by atoms with Crippen LogP contribution in [-0.4, -0.2) is 32.7 Å². The number of hydrogen-bond donors (Lipinski definition) is 2. The minimum atomic E-state index is -0.188. The summed E-state index contributed by atoms with van der Waals surface area (Å²) in [4.78, 5) is 0. The van der Waals surface area contributed by atoms with Gasteiger partial charge in [0.1, 0.15) is 5.75 Å². The van der Waals surface area contributed by atoms with E-state index in [1.165, 1.54) is 0 Å². The number of hydrogen-bond acceptors (Lipinski definition) is 5. The van der Waals surface area contributed by atoms with Crippen molar-refractivity contribution in [3.05, 3.63) is 96.2 Å². The van der Waals surface area contributed by atoms with Crippen molar-refractivity contribution in [1.82, 2.24) is 14.8 Å². The van der Waals surface area contributed by atoms with Gasteiger partial charge in [-0.1, -0.05) is 42.5 Å². The van der Waals surface area contributed by atoms with E-state index < -0.39 is 0 Å². The number of anilines is 1. The summed E-state index contributed by atoms with van der Waals surface area (Å²) in [6.07, 6.45) is 2.66. The van der Waals surface area contributed by atoms with Crippen LogP contribution in [-0.2, 0) is 0 Å². The zero-order chi connectivity index (χ0) is 23.7. The monoisotopic (exact) mass is 468 g/mol. The van der Waals surface area contributed by atoms with Gasteiger partial charge in [0, 0.05) is 29.4 Å². The number of aromatic nitrogens is 2. The molecule has 0 saturated heterocycles. The van der Waals surface area contributed by atoms with Crippen molar-refractivity contribution in [1.29, 1.82) is 0 Å². The van der Waals surface area contributed by atoms with E-state index in [9.17, 15) is 0 Å². The van der Waals surface area contributed by atoms with Gasteiger partial charge in [-0.05, 0) is 54.2 Å². The Bertz CT molecular complexity index is 1350. The van der Waals surface area contributed by atoms with Crippen LogP contribution in [0, 0.1) is 0 Å². The summed E-state index contributed by atoms with van der Waals surface area (Å²) < 4.78 is 7.17. The predicted octanol–water partition coefficient (Wildman–Crippen LogP) is 4.52. The molecule has 1 aromatic heterocycles. The molecule has 0 saturated carbocycles. The fourth-order valence-corrected chi connectivity index (χ4v) is 4.29. The van der Waals surface area contributed by atoms with Crippen molar-refractivity contribution in [2.75, 3.05) is 12.8 Å². The summed E-state index contributed by atoms with van der Waals surface area (Å²) in [5.74, 6) is 0.788. The van der Waals surface area contributed by atoms with Gasteiger partial charge in [-0.15, -0.1) is 0 Å². The van der Waals surface area contributed by atoms with Crippen LogP contribution in [0.3, 0.4) is 0 Å². The second kappa shape index (κ2) is 8.99. The van der Waals surface area contributed by atoms with E-state index in [-0.39, 0.29) is 11.2 Å². The molecular formula is C26H24N6OS. The quantitative estimate of drug-likeness (QED) is 0.330. The third kappa shape index (κ3) is 4.11. The van der Waals surface area contributed by atoms with E-state index in [1.807, 2.05) is 89.7 Å². The lowest BCUT2D eigenvalue weighted by Gasteiger charge is -2.21. The Balaban J connectivity index is 1.59. The number of benzene rings is 3. The summed E-state index contributed by atoms with van der Waals surface area (Å²) in [5.41, 5.74) is 18.4. The van der Waals surface area contributed by atoms with Crippen LogP contribution in [0.4, 0.5) is 5.69 Å². The van der Waals surface area contributed by atoms with Crippen LogP contribution in [0.15, 0.2) is 90.2 Å². The highest BCUT2D eigenvalue weighted by molar-refractivity contribution is 7.80. The first-order valence-corrected chi connectivity index (χ1v) is 11.3. The van der Waals surface area contributed by atoms with E-state index in [0.29, 0.717) is 12.1 Å². The molecule has 5 rings (SSSR count). The number of methoxy groups -OCH3 is 1. The molecule has 1 unspecified atom stereocenters. The lowest BCUT2D eigenvalue weighted by atomic mass is 9.96. The third-order valence-electron chi connectivity index (χ3n) is 5.87. The molecule has 34 heavy (non-hydrogen) atoms. The average Bonchev–Trinajstić information content (AvgIpc) is 3.50. The van der Waals surface area contributed by atoms with Gasteiger partial charge in [0.15, 0.2) is 5.11 Å². The van der Waals surface area contributed by atoms with Crippen molar-refractivity contribution in [2.45, 2.75) is 12.5 Å². The van der Waals surface area contributed by atoms with Crippen LogP contribution in [0.5, 0.6) is 5.75 Å². The lowest BCUT2D eigenvalue weighted by molar-refractivity contribution is 0.373. The van der Waals surface area contributed by atoms with Gasteiger partial charge in [-0.25, -0.2) is 9.69 Å². The zero-order valence-electron chi connectivity index (χ0n) is 18.6. The minimum Gasteiger partial charge on any atom is -0.497 e. The maximum Gasteiger partial charge on any atom is 0.187 e. The number of thiocarbonyl (C=S) groups is 1. The Morgan fingerprint density at radius 2 is 1.68 bits per heavy atom. The fourth-order valence-electron chi connectivity index (χ4n) is 4.12. The molecule has 0 radical (unpaired) electrons. The predicted molar refractivity (Wildman–Crippen MR) is 139 cm³/mol. The van der Waals surface area contributed by atoms with E-state index in [0.717, 1.165) is 39.5 Å². The second-order valence-corrected chi connectivity index (χ2v) is 8.43. The fraction of sp³-hybridized carbons (Fsp3) is 0.115. The summed E-state index contributed by atoms with van der Waals surface area (Å²) in [7, 11) is 1.65. The number of nitrogen functional groups attached to an aromatic ring is 1. The molecule has 0 amide bonds. The standard InChI is InChI=1S/C26H24N6OS/c1-33-21-13-11-20(12-14-21)31-16-22(25(30-31)18-5-3-2-4-6-18)24-15-23(29-32(24)26(28)34)17-7-9-19(27)10-8-17/h2-14,16,24H,15,27H2,1H3,(H2,28,34). The van der Waals surface area contributed by atoms with Crippen LogP contribution in [0.1, 0.15) is 23.6 Å². The number of hydrazone groups is 1. The molecule has 1 aliphatic rings. The SMILES string of the molecule is COc1ccc(-n2cc(C3CC(c4ccc(N)cc4)=NN3C(N)=S)c(-c3ccccc3)n2)cc1. The van der Waals surface area contributed by atoms with Gasteiger partial charge < -0.3 is 16.2 Å². The van der Waals surface area contributed by atoms with Crippen molar-refractivity contribution in [2.24, 2.45) is 10.8 Å². The Kier molecular flexibility index (Phi) is 5.73. The first-order chi connectivity index (χ1) is 16.5. The highest BCUT2D eigenvalue weighted by atomic mass is 32.1. The number of ether oxygens (including phenoxy) is 1. The summed E-state index contributed by atoms with van der Waals surface area (Å²) in [6.45, 7) is 0. The van der Waals surface area contributed by atoms with E-state index >= 15 is 0 Å². The molecule has 7 nitrogen and oxygen atoms in total. The smallest absolute Gasteiger partial charge is 0.187 e. The van der Waals surface area contributed by atoms with Crippen molar-refractivity contribution >= 4 is 28.7 Å². The van der Waals surface area contributed by atoms with Gasteiger partial charge in [0.2, 0.25) is 0 Å². The largest absolute Gasteiger partial charge is 0.497 e. The Labute approximate surface area is 203 Å². The first kappa shape index (κ1) is 21.7. The van der Waals surface area contributed by atoms with Gasteiger partial charge in [0.25, 0.3) is 0 Å². The topological polar surface area (TPSA) is 94.7 Å². The Hall–Kier alpha value is -4.17. The maximum absolute atomic E-state index is 6.12. The normalized spacial score (nSPS) is 15.3. The molecule has 3 aromatic carbocycles. The lowest BCUT2D eigenvalue weighted by Crippen LogP contribution is -2.31. The molecular weight excluding hydrogens is 444 g/mol. The number of rotatable bonds is 5. The van der Waals surface area contributed by atoms with Crippen LogP contribution in [0.25, 0.3) is 16.9 Å². The minimum absolute atomic E-state index is 0.188. The molecule has 0 aliphatic carbocycles. The molecule has 2 heterocycles. The summed E-state index contributed by atoms with van der Waals surface area (Å²) in [5, 5.41) is 11.7. The second-order valence-electron chi connectivity index (χ2n) is 8.01. The number of nitrogens with zero attached hydrogens (tertiary/aromatic N) is 4. The van der Waals surface area contributed by atoms with Crippen LogP contribution < -0.4 is 16.2 Å². The molecule has 0 spiro atoms. The van der Waals surface area contributed by atoms with Gasteiger partial charge >= 0.3 is 0 Å². The molecule has 0 fully saturated rings. The molecule has 1 aliphatic heterocycles. The molecule has 4 N–H and O–H groups in total. The van der Waals surface area contributed by atoms with Crippen molar-refractivity contribution in [3.8, 4) is 22.7 Å². The van der Waals surface area contributed by atoms with E-state index in [1.54, 1.807) is 12.1 Å². The Morgan fingerprint density at radius 1 is 0.971 bits per heavy atom. The molecule has 8 heteroatoms. The molecule has 1 atom stereocenters. The summed E-state index contributed by atoms with van der Waals surface area (Å²) in [6, 6.07) is 25.3.